The molecule has 0 radical (unpaired) electrons. The van der Waals surface area contributed by atoms with E-state index in [1.54, 1.807) is 6.33 Å². The van der Waals surface area contributed by atoms with Crippen LogP contribution in [0.25, 0.3) is 22.3 Å². The summed E-state index contributed by atoms with van der Waals surface area (Å²) in [4.78, 5) is 12.1. The van der Waals surface area contributed by atoms with Gasteiger partial charge in [0.05, 0.1) is 29.6 Å². The summed E-state index contributed by atoms with van der Waals surface area (Å²) in [5, 5.41) is 0. The van der Waals surface area contributed by atoms with E-state index in [0.29, 0.717) is 6.54 Å². The van der Waals surface area contributed by atoms with Crippen molar-refractivity contribution in [3.05, 3.63) is 36.0 Å². The predicted octanol–water partition coefficient (Wildman–Crippen LogP) is 1.83. The fourth-order valence-electron chi connectivity index (χ4n) is 2.93. The molecule has 1 aromatic carbocycles. The van der Waals surface area contributed by atoms with Crippen LogP contribution in [0.3, 0.4) is 0 Å². The summed E-state index contributed by atoms with van der Waals surface area (Å²) in [6, 6.07) is 6.24. The summed E-state index contributed by atoms with van der Waals surface area (Å²) in [7, 11) is 0. The van der Waals surface area contributed by atoms with Crippen molar-refractivity contribution in [3.8, 4) is 11.3 Å². The second kappa shape index (κ2) is 3.93. The molecule has 3 aromatic rings. The van der Waals surface area contributed by atoms with Crippen molar-refractivity contribution in [3.63, 3.8) is 0 Å². The minimum absolute atomic E-state index is 0.499. The van der Waals surface area contributed by atoms with E-state index in [2.05, 4.69) is 26.7 Å². The summed E-state index contributed by atoms with van der Waals surface area (Å²) in [6.07, 6.45) is 3.99. The van der Waals surface area contributed by atoms with Crippen molar-refractivity contribution in [2.75, 3.05) is 0 Å². The molecule has 2 aromatic heterocycles. The van der Waals surface area contributed by atoms with E-state index in [9.17, 15) is 0 Å². The van der Waals surface area contributed by atoms with E-state index in [4.69, 9.17) is 10.7 Å². The fourth-order valence-corrected chi connectivity index (χ4v) is 2.93. The topological polar surface area (TPSA) is 72.5 Å². The lowest BCUT2D eigenvalue weighted by Crippen LogP contribution is -2.06. The second-order valence-electron chi connectivity index (χ2n) is 4.92. The van der Waals surface area contributed by atoms with Crippen molar-refractivity contribution < 1.29 is 0 Å². The van der Waals surface area contributed by atoms with Crippen molar-refractivity contribution >= 4 is 11.0 Å². The number of hydrogen-bond donors (Lipinski definition) is 2. The monoisotopic (exact) mass is 253 g/mol. The number of fused-ring (bicyclic) bond motifs is 2. The lowest BCUT2D eigenvalue weighted by molar-refractivity contribution is 0.689. The number of nitrogens with one attached hydrogen (secondary N) is 1. The Hall–Kier alpha value is -2.14. The first-order chi connectivity index (χ1) is 9.36. The molecule has 1 aliphatic heterocycles. The quantitative estimate of drug-likeness (QED) is 0.731. The Bertz CT molecular complexity index is 752. The first-order valence-corrected chi connectivity index (χ1v) is 6.58. The Morgan fingerprint density at radius 2 is 2.32 bits per heavy atom. The normalized spacial score (nSPS) is 14.2. The Kier molecular flexibility index (Phi) is 2.22. The summed E-state index contributed by atoms with van der Waals surface area (Å²) < 4.78 is 2.27. The van der Waals surface area contributed by atoms with Gasteiger partial charge in [0.25, 0.3) is 0 Å². The highest BCUT2D eigenvalue weighted by Gasteiger charge is 2.21. The van der Waals surface area contributed by atoms with Crippen LogP contribution < -0.4 is 5.73 Å². The van der Waals surface area contributed by atoms with Gasteiger partial charge in [0.2, 0.25) is 0 Å². The Morgan fingerprint density at radius 1 is 1.37 bits per heavy atom. The van der Waals surface area contributed by atoms with Crippen LogP contribution in [0.5, 0.6) is 0 Å². The average molecular weight is 253 g/mol. The van der Waals surface area contributed by atoms with Crippen LogP contribution in [-0.4, -0.2) is 19.5 Å². The molecule has 0 spiro atoms. The van der Waals surface area contributed by atoms with Crippen LogP contribution in [0.1, 0.15) is 17.9 Å². The molecule has 0 saturated carbocycles. The van der Waals surface area contributed by atoms with Gasteiger partial charge in [0.15, 0.2) is 0 Å². The number of hydrogen-bond acceptors (Lipinski definition) is 3. The van der Waals surface area contributed by atoms with Crippen LogP contribution >= 0.6 is 0 Å². The SMILES string of the molecule is NCc1nc(-c2ccc3nc[nH]c3c2)c2n1CCC2. The Morgan fingerprint density at radius 3 is 3.21 bits per heavy atom. The summed E-state index contributed by atoms with van der Waals surface area (Å²) >= 11 is 0. The molecule has 0 amide bonds. The molecule has 0 bridgehead atoms. The molecule has 3 N–H and O–H groups in total. The van der Waals surface area contributed by atoms with Gasteiger partial charge in [0.1, 0.15) is 5.82 Å². The van der Waals surface area contributed by atoms with E-state index in [0.717, 1.165) is 41.1 Å². The maximum Gasteiger partial charge on any atom is 0.123 e. The molecule has 0 aliphatic carbocycles. The van der Waals surface area contributed by atoms with E-state index in [1.807, 2.05) is 6.07 Å². The third kappa shape index (κ3) is 1.51. The van der Waals surface area contributed by atoms with E-state index < -0.39 is 0 Å². The van der Waals surface area contributed by atoms with Gasteiger partial charge in [-0.05, 0) is 25.0 Å². The fraction of sp³-hybridized carbons (Fsp3) is 0.286. The molecule has 3 heterocycles. The molecule has 0 atom stereocenters. The van der Waals surface area contributed by atoms with E-state index in [-0.39, 0.29) is 0 Å². The zero-order valence-corrected chi connectivity index (χ0v) is 10.6. The lowest BCUT2D eigenvalue weighted by Gasteiger charge is -2.00. The first kappa shape index (κ1) is 10.8. The standard InChI is InChI=1S/C14H15N5/c15-7-13-18-14(12-2-1-5-19(12)13)9-3-4-10-11(6-9)17-8-16-10/h3-4,6,8H,1-2,5,7,15H2,(H,16,17). The zero-order chi connectivity index (χ0) is 12.8. The van der Waals surface area contributed by atoms with Gasteiger partial charge in [0, 0.05) is 17.8 Å². The van der Waals surface area contributed by atoms with Crippen molar-refractivity contribution in [1.82, 2.24) is 19.5 Å². The van der Waals surface area contributed by atoms with E-state index >= 15 is 0 Å². The van der Waals surface area contributed by atoms with E-state index in [1.165, 1.54) is 12.1 Å². The number of benzene rings is 1. The summed E-state index contributed by atoms with van der Waals surface area (Å²) in [5.41, 5.74) is 11.4. The molecule has 0 unspecified atom stereocenters. The summed E-state index contributed by atoms with van der Waals surface area (Å²) in [5.74, 6) is 0.993. The highest BCUT2D eigenvalue weighted by Crippen LogP contribution is 2.30. The molecule has 0 saturated heterocycles. The van der Waals surface area contributed by atoms with Gasteiger partial charge in [-0.2, -0.15) is 0 Å². The number of nitrogens with zero attached hydrogens (tertiary/aromatic N) is 3. The van der Waals surface area contributed by atoms with Gasteiger partial charge < -0.3 is 15.3 Å². The van der Waals surface area contributed by atoms with Gasteiger partial charge in [-0.3, -0.25) is 0 Å². The number of H-pyrrole nitrogens is 1. The molecular weight excluding hydrogens is 238 g/mol. The zero-order valence-electron chi connectivity index (χ0n) is 10.6. The molecule has 0 fully saturated rings. The highest BCUT2D eigenvalue weighted by atomic mass is 15.1. The number of rotatable bonds is 2. The maximum atomic E-state index is 5.79. The molecular formula is C14H15N5. The third-order valence-corrected chi connectivity index (χ3v) is 3.82. The highest BCUT2D eigenvalue weighted by molar-refractivity contribution is 5.81. The molecule has 5 heteroatoms. The first-order valence-electron chi connectivity index (χ1n) is 6.58. The largest absolute Gasteiger partial charge is 0.345 e. The number of aromatic nitrogens is 4. The molecule has 1 aliphatic rings. The molecule has 4 rings (SSSR count). The minimum atomic E-state index is 0.499. The molecule has 19 heavy (non-hydrogen) atoms. The van der Waals surface area contributed by atoms with Crippen LogP contribution in [0.2, 0.25) is 0 Å². The smallest absolute Gasteiger partial charge is 0.123 e. The van der Waals surface area contributed by atoms with Crippen LogP contribution in [0, 0.1) is 0 Å². The second-order valence-corrected chi connectivity index (χ2v) is 4.92. The van der Waals surface area contributed by atoms with Gasteiger partial charge in [-0.25, -0.2) is 9.97 Å². The third-order valence-electron chi connectivity index (χ3n) is 3.82. The van der Waals surface area contributed by atoms with Crippen molar-refractivity contribution in [1.29, 1.82) is 0 Å². The Labute approximate surface area is 110 Å². The van der Waals surface area contributed by atoms with Crippen LogP contribution in [0.15, 0.2) is 24.5 Å². The number of nitrogens with two attached hydrogens (primary N) is 1. The van der Waals surface area contributed by atoms with Crippen LogP contribution in [-0.2, 0) is 19.5 Å². The predicted molar refractivity (Wildman–Crippen MR) is 73.5 cm³/mol. The van der Waals surface area contributed by atoms with Gasteiger partial charge >= 0.3 is 0 Å². The van der Waals surface area contributed by atoms with Gasteiger partial charge in [-0.1, -0.05) is 6.07 Å². The van der Waals surface area contributed by atoms with Crippen LogP contribution in [0.4, 0.5) is 0 Å². The van der Waals surface area contributed by atoms with Crippen molar-refractivity contribution in [2.45, 2.75) is 25.9 Å². The van der Waals surface area contributed by atoms with Gasteiger partial charge in [-0.15, -0.1) is 0 Å². The molecule has 96 valence electrons. The average Bonchev–Trinajstić information content (AvgIpc) is 3.13. The van der Waals surface area contributed by atoms with Crippen molar-refractivity contribution in [2.24, 2.45) is 5.73 Å². The Balaban J connectivity index is 1.91. The number of aromatic amines is 1. The number of imidazole rings is 2. The molecule has 5 nitrogen and oxygen atoms in total. The minimum Gasteiger partial charge on any atom is -0.345 e. The summed E-state index contributed by atoms with van der Waals surface area (Å²) in [6.45, 7) is 1.54. The lowest BCUT2D eigenvalue weighted by atomic mass is 10.1. The maximum absolute atomic E-state index is 5.79.